The first-order chi connectivity index (χ1) is 9.19. The van der Waals surface area contributed by atoms with Gasteiger partial charge in [-0.15, -0.1) is 0 Å². The SMILES string of the molecule is CCCCCN(N)[C@@H](Cc1ccccc1)C(=O)OC. The molecule has 4 heteroatoms. The highest BCUT2D eigenvalue weighted by molar-refractivity contribution is 5.76. The summed E-state index contributed by atoms with van der Waals surface area (Å²) in [5.74, 6) is 5.74. The zero-order valence-corrected chi connectivity index (χ0v) is 11.8. The molecule has 1 aromatic rings. The van der Waals surface area contributed by atoms with Crippen LogP contribution in [0.3, 0.4) is 0 Å². The number of esters is 1. The van der Waals surface area contributed by atoms with Crippen LogP contribution >= 0.6 is 0 Å². The van der Waals surface area contributed by atoms with Gasteiger partial charge in [-0.2, -0.15) is 0 Å². The lowest BCUT2D eigenvalue weighted by molar-refractivity contribution is -0.147. The van der Waals surface area contributed by atoms with Crippen LogP contribution in [0.4, 0.5) is 0 Å². The quantitative estimate of drug-likeness (QED) is 0.338. The van der Waals surface area contributed by atoms with Crippen molar-refractivity contribution in [1.29, 1.82) is 0 Å². The summed E-state index contributed by atoms with van der Waals surface area (Å²) in [5.41, 5.74) is 1.09. The van der Waals surface area contributed by atoms with Crippen LogP contribution < -0.4 is 5.84 Å². The predicted octanol–water partition coefficient (Wildman–Crippen LogP) is 2.14. The zero-order valence-electron chi connectivity index (χ0n) is 11.8. The van der Waals surface area contributed by atoms with Crippen LogP contribution in [-0.2, 0) is 16.0 Å². The molecule has 106 valence electrons. The molecule has 2 N–H and O–H groups in total. The molecule has 0 fully saturated rings. The van der Waals surface area contributed by atoms with E-state index in [4.69, 9.17) is 10.6 Å². The Hall–Kier alpha value is -1.39. The minimum Gasteiger partial charge on any atom is -0.468 e. The van der Waals surface area contributed by atoms with Crippen LogP contribution in [-0.4, -0.2) is 30.7 Å². The van der Waals surface area contributed by atoms with E-state index in [1.807, 2.05) is 30.3 Å². The Morgan fingerprint density at radius 3 is 2.58 bits per heavy atom. The van der Waals surface area contributed by atoms with E-state index >= 15 is 0 Å². The van der Waals surface area contributed by atoms with Crippen LogP contribution in [0.25, 0.3) is 0 Å². The van der Waals surface area contributed by atoms with E-state index in [0.717, 1.165) is 24.8 Å². The maximum Gasteiger partial charge on any atom is 0.324 e. The summed E-state index contributed by atoms with van der Waals surface area (Å²) >= 11 is 0. The highest BCUT2D eigenvalue weighted by Gasteiger charge is 2.24. The number of hydrogen-bond acceptors (Lipinski definition) is 4. The van der Waals surface area contributed by atoms with Crippen molar-refractivity contribution in [2.75, 3.05) is 13.7 Å². The highest BCUT2D eigenvalue weighted by atomic mass is 16.5. The van der Waals surface area contributed by atoms with E-state index in [0.29, 0.717) is 13.0 Å². The lowest BCUT2D eigenvalue weighted by atomic mass is 10.1. The molecule has 0 spiro atoms. The zero-order chi connectivity index (χ0) is 14.1. The van der Waals surface area contributed by atoms with Gasteiger partial charge in [0, 0.05) is 6.54 Å². The molecule has 0 bridgehead atoms. The Morgan fingerprint density at radius 2 is 2.00 bits per heavy atom. The smallest absolute Gasteiger partial charge is 0.324 e. The normalized spacial score (nSPS) is 12.4. The number of hydrogen-bond donors (Lipinski definition) is 1. The van der Waals surface area contributed by atoms with Crippen molar-refractivity contribution in [1.82, 2.24) is 5.01 Å². The third-order valence-corrected chi connectivity index (χ3v) is 3.17. The summed E-state index contributed by atoms with van der Waals surface area (Å²) in [6, 6.07) is 9.46. The summed E-state index contributed by atoms with van der Waals surface area (Å²) in [6.07, 6.45) is 3.83. The van der Waals surface area contributed by atoms with Crippen molar-refractivity contribution in [3.05, 3.63) is 35.9 Å². The largest absolute Gasteiger partial charge is 0.468 e. The van der Waals surface area contributed by atoms with Crippen molar-refractivity contribution in [3.8, 4) is 0 Å². The van der Waals surface area contributed by atoms with E-state index in [2.05, 4.69) is 6.92 Å². The van der Waals surface area contributed by atoms with Crippen molar-refractivity contribution < 1.29 is 9.53 Å². The highest BCUT2D eigenvalue weighted by Crippen LogP contribution is 2.09. The van der Waals surface area contributed by atoms with Gasteiger partial charge >= 0.3 is 5.97 Å². The predicted molar refractivity (Wildman–Crippen MR) is 76.4 cm³/mol. The summed E-state index contributed by atoms with van der Waals surface area (Å²) < 4.78 is 4.85. The van der Waals surface area contributed by atoms with Gasteiger partial charge in [-0.05, 0) is 18.4 Å². The first-order valence-corrected chi connectivity index (χ1v) is 6.82. The standard InChI is InChI=1S/C15H24N2O2/c1-3-4-8-11-17(16)14(15(18)19-2)12-13-9-6-5-7-10-13/h5-7,9-10,14H,3-4,8,11-12,16H2,1-2H3/t14-/m0/s1. The van der Waals surface area contributed by atoms with Gasteiger partial charge in [0.1, 0.15) is 6.04 Å². The van der Waals surface area contributed by atoms with Crippen molar-refractivity contribution >= 4 is 5.97 Å². The van der Waals surface area contributed by atoms with Gasteiger partial charge in [-0.3, -0.25) is 10.6 Å². The first kappa shape index (κ1) is 15.7. The molecule has 0 saturated carbocycles. The molecule has 0 heterocycles. The molecule has 0 aromatic heterocycles. The fraction of sp³-hybridized carbons (Fsp3) is 0.533. The first-order valence-electron chi connectivity index (χ1n) is 6.82. The van der Waals surface area contributed by atoms with Crippen LogP contribution in [0, 0.1) is 0 Å². The van der Waals surface area contributed by atoms with Crippen LogP contribution in [0.2, 0.25) is 0 Å². The van der Waals surface area contributed by atoms with Crippen molar-refractivity contribution in [2.24, 2.45) is 5.84 Å². The summed E-state index contributed by atoms with van der Waals surface area (Å²) in [6.45, 7) is 2.85. The maximum absolute atomic E-state index is 11.8. The van der Waals surface area contributed by atoms with Gasteiger partial charge in [-0.1, -0.05) is 50.1 Å². The Balaban J connectivity index is 2.63. The number of nitrogens with zero attached hydrogens (tertiary/aromatic N) is 1. The second-order valence-electron chi connectivity index (χ2n) is 4.67. The molecular weight excluding hydrogens is 240 g/mol. The number of methoxy groups -OCH3 is 1. The minimum absolute atomic E-state index is 0.275. The van der Waals surface area contributed by atoms with Crippen LogP contribution in [0.1, 0.15) is 31.7 Å². The second kappa shape index (κ2) is 8.67. The van der Waals surface area contributed by atoms with Gasteiger partial charge in [-0.25, -0.2) is 5.01 Å². The lowest BCUT2D eigenvalue weighted by Crippen LogP contribution is -2.48. The van der Waals surface area contributed by atoms with Crippen molar-refractivity contribution in [2.45, 2.75) is 38.6 Å². The average molecular weight is 264 g/mol. The summed E-state index contributed by atoms with van der Waals surface area (Å²) in [4.78, 5) is 11.8. The fourth-order valence-corrected chi connectivity index (χ4v) is 2.01. The van der Waals surface area contributed by atoms with Gasteiger partial charge in [0.05, 0.1) is 7.11 Å². The number of nitrogens with two attached hydrogens (primary N) is 1. The molecule has 1 aromatic carbocycles. The number of carbonyl (C=O) groups excluding carboxylic acids is 1. The summed E-state index contributed by atoms with van der Waals surface area (Å²) in [5, 5.41) is 1.61. The average Bonchev–Trinajstić information content (AvgIpc) is 2.45. The van der Waals surface area contributed by atoms with E-state index in [-0.39, 0.29) is 5.97 Å². The molecule has 0 aliphatic heterocycles. The molecule has 0 aliphatic rings. The van der Waals surface area contributed by atoms with Gasteiger partial charge in [0.25, 0.3) is 0 Å². The number of unbranched alkanes of at least 4 members (excludes halogenated alkanes) is 2. The number of hydrazine groups is 1. The van der Waals surface area contributed by atoms with Crippen molar-refractivity contribution in [3.63, 3.8) is 0 Å². The molecule has 0 aliphatic carbocycles. The van der Waals surface area contributed by atoms with Gasteiger partial charge < -0.3 is 4.74 Å². The molecule has 1 rings (SSSR count). The Bertz CT molecular complexity index is 368. The second-order valence-corrected chi connectivity index (χ2v) is 4.67. The van der Waals surface area contributed by atoms with Gasteiger partial charge in [0.15, 0.2) is 0 Å². The molecular formula is C15H24N2O2. The molecule has 19 heavy (non-hydrogen) atoms. The maximum atomic E-state index is 11.8. The number of carbonyl (C=O) groups is 1. The van der Waals surface area contributed by atoms with E-state index in [1.165, 1.54) is 7.11 Å². The molecule has 0 unspecified atom stereocenters. The molecule has 0 saturated heterocycles. The Labute approximate surface area is 115 Å². The number of benzene rings is 1. The number of ether oxygens (including phenoxy) is 1. The van der Waals surface area contributed by atoms with Crippen LogP contribution in [0.5, 0.6) is 0 Å². The minimum atomic E-state index is -0.413. The van der Waals surface area contributed by atoms with E-state index in [1.54, 1.807) is 5.01 Å². The van der Waals surface area contributed by atoms with E-state index in [9.17, 15) is 4.79 Å². The lowest BCUT2D eigenvalue weighted by Gasteiger charge is -2.25. The third-order valence-electron chi connectivity index (χ3n) is 3.17. The number of rotatable bonds is 8. The van der Waals surface area contributed by atoms with E-state index < -0.39 is 6.04 Å². The molecule has 4 nitrogen and oxygen atoms in total. The Kier molecular flexibility index (Phi) is 7.15. The molecule has 0 radical (unpaired) electrons. The summed E-state index contributed by atoms with van der Waals surface area (Å²) in [7, 11) is 1.40. The third kappa shape index (κ3) is 5.41. The topological polar surface area (TPSA) is 55.6 Å². The van der Waals surface area contributed by atoms with Crippen LogP contribution in [0.15, 0.2) is 30.3 Å². The molecule has 0 amide bonds. The Morgan fingerprint density at radius 1 is 1.32 bits per heavy atom. The fourth-order valence-electron chi connectivity index (χ4n) is 2.01. The monoisotopic (exact) mass is 264 g/mol. The molecule has 1 atom stereocenters. The van der Waals surface area contributed by atoms with Gasteiger partial charge in [0.2, 0.25) is 0 Å².